The summed E-state index contributed by atoms with van der Waals surface area (Å²) in [5.74, 6) is 1.18. The summed E-state index contributed by atoms with van der Waals surface area (Å²) in [6, 6.07) is 13.5. The van der Waals surface area contributed by atoms with Crippen LogP contribution >= 0.6 is 0 Å². The minimum atomic E-state index is -0.629. The number of Topliss-reactive ketones (excluding diaryl/α,β-unsaturated/α-hetero) is 1. The van der Waals surface area contributed by atoms with Gasteiger partial charge in [0.15, 0.2) is 5.78 Å². The minimum absolute atomic E-state index is 0.0337. The highest BCUT2D eigenvalue weighted by Gasteiger charge is 2.48. The molecule has 2 fully saturated rings. The van der Waals surface area contributed by atoms with Crippen LogP contribution in [-0.2, 0) is 11.2 Å². The fraction of sp³-hybridized carbons (Fsp3) is 0.435. The van der Waals surface area contributed by atoms with Gasteiger partial charge in [-0.25, -0.2) is 4.98 Å². The third-order valence-electron chi connectivity index (χ3n) is 6.07. The first kappa shape index (κ1) is 19.7. The molecule has 0 bridgehead atoms. The molecule has 6 nitrogen and oxygen atoms in total. The maximum absolute atomic E-state index is 12.6. The van der Waals surface area contributed by atoms with Crippen molar-refractivity contribution in [3.63, 3.8) is 0 Å². The number of aromatic nitrogens is 1. The average molecular weight is 393 g/mol. The molecule has 4 rings (SSSR count). The van der Waals surface area contributed by atoms with Gasteiger partial charge in [-0.05, 0) is 42.4 Å². The monoisotopic (exact) mass is 393 g/mol. The lowest BCUT2D eigenvalue weighted by atomic mass is 9.91. The predicted molar refractivity (Wildman–Crippen MR) is 111 cm³/mol. The van der Waals surface area contributed by atoms with Crippen LogP contribution in [-0.4, -0.2) is 51.9 Å². The number of amides is 1. The predicted octanol–water partition coefficient (Wildman–Crippen LogP) is 2.54. The summed E-state index contributed by atoms with van der Waals surface area (Å²) >= 11 is 0. The molecule has 2 N–H and O–H groups in total. The van der Waals surface area contributed by atoms with Gasteiger partial charge in [0.1, 0.15) is 5.82 Å². The van der Waals surface area contributed by atoms with E-state index in [1.807, 2.05) is 18.2 Å². The fourth-order valence-electron chi connectivity index (χ4n) is 4.91. The van der Waals surface area contributed by atoms with Crippen LogP contribution in [0.2, 0.25) is 0 Å². The molecule has 2 aliphatic rings. The molecule has 0 spiro atoms. The van der Waals surface area contributed by atoms with E-state index in [-0.39, 0.29) is 11.7 Å². The number of benzene rings is 1. The van der Waals surface area contributed by atoms with Crippen molar-refractivity contribution in [3.8, 4) is 0 Å². The molecule has 1 aliphatic carbocycles. The number of carbonyl (C=O) groups excluding carboxylic acids is 2. The van der Waals surface area contributed by atoms with Crippen LogP contribution < -0.4 is 5.32 Å². The first-order chi connectivity index (χ1) is 13.9. The zero-order valence-electron chi connectivity index (χ0n) is 16.7. The van der Waals surface area contributed by atoms with Gasteiger partial charge in [0.25, 0.3) is 0 Å². The number of rotatable bonds is 6. The molecular weight excluding hydrogens is 366 g/mol. The summed E-state index contributed by atoms with van der Waals surface area (Å²) in [4.78, 5) is 30.0. The lowest BCUT2D eigenvalue weighted by Gasteiger charge is -2.26. The summed E-state index contributed by atoms with van der Waals surface area (Å²) in [5, 5.41) is 13.7. The van der Waals surface area contributed by atoms with Crippen LogP contribution in [0.3, 0.4) is 0 Å². The van der Waals surface area contributed by atoms with E-state index in [9.17, 15) is 14.7 Å². The Morgan fingerprint density at radius 2 is 1.83 bits per heavy atom. The molecule has 1 aromatic heterocycles. The van der Waals surface area contributed by atoms with Crippen LogP contribution in [0.15, 0.2) is 48.7 Å². The maximum atomic E-state index is 12.6. The Balaban J connectivity index is 1.30. The molecule has 1 aliphatic heterocycles. The summed E-state index contributed by atoms with van der Waals surface area (Å²) in [7, 11) is 0. The first-order valence-corrected chi connectivity index (χ1v) is 10.2. The third kappa shape index (κ3) is 4.71. The van der Waals surface area contributed by atoms with Crippen molar-refractivity contribution < 1.29 is 14.7 Å². The van der Waals surface area contributed by atoms with E-state index >= 15 is 0 Å². The van der Waals surface area contributed by atoms with Crippen LogP contribution in [0, 0.1) is 11.8 Å². The number of anilines is 1. The molecule has 3 atom stereocenters. The lowest BCUT2D eigenvalue weighted by Crippen LogP contribution is -2.34. The standard InChI is InChI=1S/C23H27N3O3/c1-16(27)25-22-8-7-18(12-24-22)21(28)15-26-13-19-10-23(29,11-20(19)14-26)9-17-5-3-2-4-6-17/h2-8,12,19-20,29H,9-11,13-15H2,1H3,(H,24,25,27)/t19-,20+,23+. The number of carbonyl (C=O) groups is 2. The van der Waals surface area contributed by atoms with Gasteiger partial charge in [0, 0.05) is 38.2 Å². The van der Waals surface area contributed by atoms with Gasteiger partial charge < -0.3 is 10.4 Å². The van der Waals surface area contributed by atoms with E-state index in [4.69, 9.17) is 0 Å². The van der Waals surface area contributed by atoms with E-state index in [1.165, 1.54) is 18.7 Å². The van der Waals surface area contributed by atoms with Crippen LogP contribution in [0.1, 0.15) is 35.7 Å². The molecule has 0 unspecified atom stereocenters. The minimum Gasteiger partial charge on any atom is -0.390 e. The van der Waals surface area contributed by atoms with E-state index in [2.05, 4.69) is 27.3 Å². The van der Waals surface area contributed by atoms with Gasteiger partial charge in [-0.3, -0.25) is 14.5 Å². The van der Waals surface area contributed by atoms with Gasteiger partial charge in [0.05, 0.1) is 12.1 Å². The largest absolute Gasteiger partial charge is 0.390 e. The third-order valence-corrected chi connectivity index (χ3v) is 6.07. The highest BCUT2D eigenvalue weighted by molar-refractivity contribution is 5.97. The molecule has 1 saturated heterocycles. The first-order valence-electron chi connectivity index (χ1n) is 10.2. The number of nitrogens with one attached hydrogen (secondary N) is 1. The van der Waals surface area contributed by atoms with Crippen molar-refractivity contribution in [2.24, 2.45) is 11.8 Å². The number of aliphatic hydroxyl groups is 1. The highest BCUT2D eigenvalue weighted by Crippen LogP contribution is 2.45. The Labute approximate surface area is 171 Å². The second-order valence-corrected chi connectivity index (χ2v) is 8.55. The topological polar surface area (TPSA) is 82.5 Å². The van der Waals surface area contributed by atoms with Crippen molar-refractivity contribution in [3.05, 3.63) is 59.8 Å². The molecule has 0 radical (unpaired) electrons. The quantitative estimate of drug-likeness (QED) is 0.737. The summed E-state index contributed by atoms with van der Waals surface area (Å²) in [6.07, 6.45) is 3.81. The van der Waals surface area contributed by atoms with Crippen LogP contribution in [0.25, 0.3) is 0 Å². The van der Waals surface area contributed by atoms with Crippen molar-refractivity contribution in [2.75, 3.05) is 25.0 Å². The number of hydrogen-bond donors (Lipinski definition) is 2. The van der Waals surface area contributed by atoms with Gasteiger partial charge in [-0.1, -0.05) is 30.3 Å². The summed E-state index contributed by atoms with van der Waals surface area (Å²) in [5.41, 5.74) is 1.10. The number of fused-ring (bicyclic) bond motifs is 1. The van der Waals surface area contributed by atoms with E-state index in [0.29, 0.717) is 36.2 Å². The fourth-order valence-corrected chi connectivity index (χ4v) is 4.91. The van der Waals surface area contributed by atoms with E-state index in [1.54, 1.807) is 12.1 Å². The molecule has 2 aromatic rings. The average Bonchev–Trinajstić information content (AvgIpc) is 3.16. The second-order valence-electron chi connectivity index (χ2n) is 8.55. The normalized spacial score (nSPS) is 26.3. The number of nitrogens with zero attached hydrogens (tertiary/aromatic N) is 2. The number of ketones is 1. The highest BCUT2D eigenvalue weighted by atomic mass is 16.3. The molecule has 1 amide bonds. The van der Waals surface area contributed by atoms with Crippen molar-refractivity contribution in [1.82, 2.24) is 9.88 Å². The Hall–Kier alpha value is -2.57. The SMILES string of the molecule is CC(=O)Nc1ccc(C(=O)CN2C[C@@H]3C[C@](O)(Cc4ccccc4)C[C@@H]3C2)cn1. The Morgan fingerprint density at radius 3 is 2.41 bits per heavy atom. The molecule has 29 heavy (non-hydrogen) atoms. The van der Waals surface area contributed by atoms with E-state index < -0.39 is 5.60 Å². The van der Waals surface area contributed by atoms with Crippen molar-refractivity contribution in [2.45, 2.75) is 31.8 Å². The van der Waals surface area contributed by atoms with E-state index in [0.717, 1.165) is 25.9 Å². The molecule has 1 saturated carbocycles. The lowest BCUT2D eigenvalue weighted by molar-refractivity contribution is -0.114. The van der Waals surface area contributed by atoms with Gasteiger partial charge in [-0.15, -0.1) is 0 Å². The Morgan fingerprint density at radius 1 is 1.14 bits per heavy atom. The van der Waals surface area contributed by atoms with Gasteiger partial charge in [0.2, 0.25) is 5.91 Å². The Kier molecular flexibility index (Phi) is 5.48. The number of pyridine rings is 1. The van der Waals surface area contributed by atoms with Crippen LogP contribution in [0.4, 0.5) is 5.82 Å². The smallest absolute Gasteiger partial charge is 0.222 e. The molecule has 6 heteroatoms. The summed E-state index contributed by atoms with van der Waals surface area (Å²) < 4.78 is 0. The summed E-state index contributed by atoms with van der Waals surface area (Å²) in [6.45, 7) is 3.49. The molecule has 1 aromatic carbocycles. The number of likely N-dealkylation sites (tertiary alicyclic amines) is 1. The van der Waals surface area contributed by atoms with Crippen molar-refractivity contribution in [1.29, 1.82) is 0 Å². The zero-order chi connectivity index (χ0) is 20.4. The van der Waals surface area contributed by atoms with Crippen LogP contribution in [0.5, 0.6) is 0 Å². The molecule has 2 heterocycles. The Bertz CT molecular complexity index is 868. The second kappa shape index (κ2) is 8.05. The van der Waals surface area contributed by atoms with Crippen molar-refractivity contribution >= 4 is 17.5 Å². The van der Waals surface area contributed by atoms with Gasteiger partial charge >= 0.3 is 0 Å². The van der Waals surface area contributed by atoms with Gasteiger partial charge in [-0.2, -0.15) is 0 Å². The maximum Gasteiger partial charge on any atom is 0.222 e. The molecular formula is C23H27N3O3. The molecule has 152 valence electrons. The number of hydrogen-bond acceptors (Lipinski definition) is 5. The zero-order valence-corrected chi connectivity index (χ0v) is 16.7.